The molecule has 1 aromatic carbocycles. The number of amides is 1. The summed E-state index contributed by atoms with van der Waals surface area (Å²) >= 11 is 0. The first-order valence-electron chi connectivity index (χ1n) is 7.54. The van der Waals surface area contributed by atoms with Crippen LogP contribution in [0.1, 0.15) is 31.2 Å². The van der Waals surface area contributed by atoms with Crippen LogP contribution < -0.4 is 5.32 Å². The molecule has 1 saturated carbocycles. The van der Waals surface area contributed by atoms with Crippen molar-refractivity contribution >= 4 is 5.91 Å². The van der Waals surface area contributed by atoms with Crippen molar-refractivity contribution in [3.8, 4) is 5.75 Å². The number of aromatic hydroxyl groups is 1. The van der Waals surface area contributed by atoms with Crippen molar-refractivity contribution in [3.05, 3.63) is 29.8 Å². The van der Waals surface area contributed by atoms with Crippen LogP contribution in [0.3, 0.4) is 0 Å². The summed E-state index contributed by atoms with van der Waals surface area (Å²) in [7, 11) is 0. The number of carbonyl (C=O) groups excluding carboxylic acids is 1. The Morgan fingerprint density at radius 2 is 2.10 bits per heavy atom. The first-order valence-corrected chi connectivity index (χ1v) is 7.54. The smallest absolute Gasteiger partial charge is 0.227 e. The predicted molar refractivity (Wildman–Crippen MR) is 77.6 cm³/mol. The largest absolute Gasteiger partial charge is 0.508 e. The molecule has 1 saturated heterocycles. The number of phenols is 1. The molecule has 1 aliphatic carbocycles. The van der Waals surface area contributed by atoms with Gasteiger partial charge in [-0.3, -0.25) is 4.79 Å². The lowest BCUT2D eigenvalue weighted by molar-refractivity contribution is -0.131. The van der Waals surface area contributed by atoms with Crippen molar-refractivity contribution in [2.45, 2.75) is 44.2 Å². The van der Waals surface area contributed by atoms with Crippen LogP contribution in [-0.4, -0.2) is 41.1 Å². The summed E-state index contributed by atoms with van der Waals surface area (Å²) in [4.78, 5) is 14.5. The van der Waals surface area contributed by atoms with E-state index in [1.807, 2.05) is 17.0 Å². The number of benzene rings is 1. The maximum atomic E-state index is 12.5. The van der Waals surface area contributed by atoms with Gasteiger partial charge in [0.25, 0.3) is 0 Å². The molecule has 1 amide bonds. The third kappa shape index (κ3) is 3.12. The molecule has 0 bridgehead atoms. The molecular formula is C16H22N2O2. The minimum atomic E-state index is 0.141. The quantitative estimate of drug-likeness (QED) is 0.859. The van der Waals surface area contributed by atoms with Gasteiger partial charge in [0.05, 0.1) is 6.42 Å². The van der Waals surface area contributed by atoms with Crippen LogP contribution in [0.4, 0.5) is 0 Å². The first kappa shape index (κ1) is 13.4. The summed E-state index contributed by atoms with van der Waals surface area (Å²) in [6.07, 6.45) is 4.91. The molecule has 4 heteroatoms. The summed E-state index contributed by atoms with van der Waals surface area (Å²) in [6.45, 7) is 1.88. The van der Waals surface area contributed by atoms with E-state index in [0.29, 0.717) is 18.5 Å². The molecule has 108 valence electrons. The van der Waals surface area contributed by atoms with Crippen LogP contribution in [-0.2, 0) is 11.2 Å². The summed E-state index contributed by atoms with van der Waals surface area (Å²) in [5.74, 6) is 0.360. The third-order valence-corrected chi connectivity index (χ3v) is 4.22. The molecule has 1 aromatic rings. The average molecular weight is 274 g/mol. The lowest BCUT2D eigenvalue weighted by Gasteiger charge is -2.26. The van der Waals surface area contributed by atoms with Gasteiger partial charge in [-0.1, -0.05) is 18.2 Å². The monoisotopic (exact) mass is 274 g/mol. The second-order valence-electron chi connectivity index (χ2n) is 5.88. The van der Waals surface area contributed by atoms with Crippen LogP contribution >= 0.6 is 0 Å². The molecule has 2 N–H and O–H groups in total. The van der Waals surface area contributed by atoms with Gasteiger partial charge in [-0.15, -0.1) is 0 Å². The Hall–Kier alpha value is -1.55. The summed E-state index contributed by atoms with van der Waals surface area (Å²) in [5.41, 5.74) is 0.725. The normalized spacial score (nSPS) is 21.9. The van der Waals surface area contributed by atoms with Crippen molar-refractivity contribution in [2.75, 3.05) is 13.1 Å². The number of para-hydroxylation sites is 1. The van der Waals surface area contributed by atoms with Crippen LogP contribution in [0.5, 0.6) is 5.75 Å². The van der Waals surface area contributed by atoms with Crippen molar-refractivity contribution in [1.82, 2.24) is 10.2 Å². The van der Waals surface area contributed by atoms with Gasteiger partial charge in [0, 0.05) is 24.2 Å². The van der Waals surface area contributed by atoms with Crippen LogP contribution in [0.15, 0.2) is 24.3 Å². The molecular weight excluding hydrogens is 252 g/mol. The van der Waals surface area contributed by atoms with E-state index in [0.717, 1.165) is 37.9 Å². The van der Waals surface area contributed by atoms with Crippen molar-refractivity contribution in [1.29, 1.82) is 0 Å². The Bertz CT molecular complexity index is 479. The van der Waals surface area contributed by atoms with E-state index < -0.39 is 0 Å². The van der Waals surface area contributed by atoms with Gasteiger partial charge in [-0.05, 0) is 38.3 Å². The second kappa shape index (κ2) is 5.83. The van der Waals surface area contributed by atoms with E-state index in [-0.39, 0.29) is 11.7 Å². The van der Waals surface area contributed by atoms with Crippen LogP contribution in [0.2, 0.25) is 0 Å². The van der Waals surface area contributed by atoms with Gasteiger partial charge >= 0.3 is 0 Å². The van der Waals surface area contributed by atoms with E-state index in [4.69, 9.17) is 0 Å². The number of rotatable bonds is 5. The fourth-order valence-electron chi connectivity index (χ4n) is 2.92. The number of hydrogen-bond donors (Lipinski definition) is 2. The van der Waals surface area contributed by atoms with Crippen LogP contribution in [0.25, 0.3) is 0 Å². The number of hydrogen-bond acceptors (Lipinski definition) is 3. The van der Waals surface area contributed by atoms with E-state index in [1.54, 1.807) is 12.1 Å². The fourth-order valence-corrected chi connectivity index (χ4v) is 2.92. The Kier molecular flexibility index (Phi) is 3.92. The Morgan fingerprint density at radius 1 is 1.30 bits per heavy atom. The molecule has 0 radical (unpaired) electrons. The molecule has 4 nitrogen and oxygen atoms in total. The van der Waals surface area contributed by atoms with Crippen LogP contribution in [0, 0.1) is 0 Å². The maximum Gasteiger partial charge on any atom is 0.227 e. The standard InChI is InChI=1S/C16H22N2O2/c19-15-6-2-1-4-12(15)10-16(20)18(14-7-8-14)11-13-5-3-9-17-13/h1-2,4,6,13-14,17,19H,3,5,7-11H2. The topological polar surface area (TPSA) is 52.6 Å². The molecule has 1 heterocycles. The highest BCUT2D eigenvalue weighted by atomic mass is 16.3. The Balaban J connectivity index is 1.64. The molecule has 3 rings (SSSR count). The molecule has 2 fully saturated rings. The first-order chi connectivity index (χ1) is 9.74. The zero-order chi connectivity index (χ0) is 13.9. The molecule has 0 spiro atoms. The zero-order valence-electron chi connectivity index (χ0n) is 11.7. The predicted octanol–water partition coefficient (Wildman–Crippen LogP) is 1.68. The number of phenolic OH excluding ortho intramolecular Hbond substituents is 1. The molecule has 1 aliphatic heterocycles. The highest BCUT2D eigenvalue weighted by molar-refractivity contribution is 5.80. The number of nitrogens with zero attached hydrogens (tertiary/aromatic N) is 1. The summed E-state index contributed by atoms with van der Waals surface area (Å²) < 4.78 is 0. The number of carbonyl (C=O) groups is 1. The molecule has 20 heavy (non-hydrogen) atoms. The molecule has 0 aromatic heterocycles. The minimum absolute atomic E-state index is 0.141. The SMILES string of the molecule is O=C(Cc1ccccc1O)N(CC1CCCN1)C1CC1. The number of nitrogens with one attached hydrogen (secondary N) is 1. The van der Waals surface area contributed by atoms with Gasteiger partial charge in [0.2, 0.25) is 5.91 Å². The molecule has 1 atom stereocenters. The van der Waals surface area contributed by atoms with Crippen molar-refractivity contribution < 1.29 is 9.90 Å². The van der Waals surface area contributed by atoms with E-state index in [9.17, 15) is 9.90 Å². The highest BCUT2D eigenvalue weighted by Crippen LogP contribution is 2.29. The summed E-state index contributed by atoms with van der Waals surface area (Å²) in [5, 5.41) is 13.3. The fraction of sp³-hybridized carbons (Fsp3) is 0.562. The molecule has 2 aliphatic rings. The van der Waals surface area contributed by atoms with E-state index in [2.05, 4.69) is 5.32 Å². The lowest BCUT2D eigenvalue weighted by Crippen LogP contribution is -2.43. The Labute approximate surface area is 119 Å². The minimum Gasteiger partial charge on any atom is -0.508 e. The van der Waals surface area contributed by atoms with Crippen molar-refractivity contribution in [3.63, 3.8) is 0 Å². The van der Waals surface area contributed by atoms with Gasteiger partial charge in [-0.2, -0.15) is 0 Å². The molecule has 1 unspecified atom stereocenters. The second-order valence-corrected chi connectivity index (χ2v) is 5.88. The van der Waals surface area contributed by atoms with Gasteiger partial charge < -0.3 is 15.3 Å². The van der Waals surface area contributed by atoms with Gasteiger partial charge in [-0.25, -0.2) is 0 Å². The summed E-state index contributed by atoms with van der Waals surface area (Å²) in [6, 6.07) is 7.99. The van der Waals surface area contributed by atoms with Gasteiger partial charge in [0.15, 0.2) is 0 Å². The lowest BCUT2D eigenvalue weighted by atomic mass is 10.1. The average Bonchev–Trinajstić information content (AvgIpc) is 3.15. The van der Waals surface area contributed by atoms with E-state index >= 15 is 0 Å². The van der Waals surface area contributed by atoms with Crippen molar-refractivity contribution in [2.24, 2.45) is 0 Å². The van der Waals surface area contributed by atoms with E-state index in [1.165, 1.54) is 6.42 Å². The third-order valence-electron chi connectivity index (χ3n) is 4.22. The zero-order valence-corrected chi connectivity index (χ0v) is 11.7. The maximum absolute atomic E-state index is 12.5. The highest BCUT2D eigenvalue weighted by Gasteiger charge is 2.34. The van der Waals surface area contributed by atoms with Gasteiger partial charge in [0.1, 0.15) is 5.75 Å². The Morgan fingerprint density at radius 3 is 2.75 bits per heavy atom.